The van der Waals surface area contributed by atoms with Gasteiger partial charge in [0.1, 0.15) is 5.82 Å². The maximum atomic E-state index is 14.4. The van der Waals surface area contributed by atoms with Crippen LogP contribution < -0.4 is 14.9 Å². The molecule has 0 saturated carbocycles. The van der Waals surface area contributed by atoms with E-state index < -0.39 is 17.8 Å². The van der Waals surface area contributed by atoms with Gasteiger partial charge in [-0.15, -0.1) is 11.8 Å². The monoisotopic (exact) mass is 516 g/mol. The average molecular weight is 517 g/mol. The van der Waals surface area contributed by atoms with Crippen LogP contribution in [0, 0.1) is 5.82 Å². The molecule has 1 atom stereocenters. The van der Waals surface area contributed by atoms with Gasteiger partial charge in [-0.05, 0) is 62.9 Å². The number of esters is 1. The summed E-state index contributed by atoms with van der Waals surface area (Å²) in [6.07, 6.45) is 3.07. The summed E-state index contributed by atoms with van der Waals surface area (Å²) in [4.78, 5) is 32.7. The molecule has 1 aliphatic rings. The SMILES string of the molecule is CSc1ccc(C2C(C(=O)OC(C)C)=C(C)N=c3sc(=Cc4c(F)cccc4Cl)c(=O)n32)cc1. The van der Waals surface area contributed by atoms with E-state index in [-0.39, 0.29) is 26.8 Å². The van der Waals surface area contributed by atoms with E-state index in [2.05, 4.69) is 4.99 Å². The zero-order valence-corrected chi connectivity index (χ0v) is 21.4. The van der Waals surface area contributed by atoms with Gasteiger partial charge in [0, 0.05) is 10.5 Å². The zero-order valence-electron chi connectivity index (χ0n) is 19.0. The van der Waals surface area contributed by atoms with Crippen molar-refractivity contribution >= 4 is 46.7 Å². The first-order chi connectivity index (χ1) is 16.2. The number of rotatable bonds is 5. The molecular weight excluding hydrogens is 495 g/mol. The average Bonchev–Trinajstić information content (AvgIpc) is 3.09. The Morgan fingerprint density at radius 2 is 1.97 bits per heavy atom. The molecule has 2 aromatic carbocycles. The van der Waals surface area contributed by atoms with Crippen molar-refractivity contribution in [2.45, 2.75) is 37.8 Å². The van der Waals surface area contributed by atoms with Gasteiger partial charge < -0.3 is 4.74 Å². The lowest BCUT2D eigenvalue weighted by Crippen LogP contribution is -2.40. The summed E-state index contributed by atoms with van der Waals surface area (Å²) in [6.45, 7) is 5.26. The lowest BCUT2D eigenvalue weighted by Gasteiger charge is -2.25. The molecule has 3 aromatic rings. The second-order valence-electron chi connectivity index (χ2n) is 7.94. The van der Waals surface area contributed by atoms with Crippen molar-refractivity contribution in [3.8, 4) is 0 Å². The Bertz CT molecular complexity index is 1450. The number of halogens is 2. The summed E-state index contributed by atoms with van der Waals surface area (Å²) in [5.74, 6) is -1.05. The van der Waals surface area contributed by atoms with Gasteiger partial charge in [0.2, 0.25) is 0 Å². The van der Waals surface area contributed by atoms with Gasteiger partial charge >= 0.3 is 5.97 Å². The molecule has 4 rings (SSSR count). The second-order valence-corrected chi connectivity index (χ2v) is 10.2. The molecule has 0 spiro atoms. The third-order valence-electron chi connectivity index (χ3n) is 5.29. The van der Waals surface area contributed by atoms with E-state index in [1.54, 1.807) is 38.6 Å². The molecule has 0 fully saturated rings. The molecule has 176 valence electrons. The van der Waals surface area contributed by atoms with Crippen LogP contribution in [0.4, 0.5) is 4.39 Å². The number of aromatic nitrogens is 1. The summed E-state index contributed by atoms with van der Waals surface area (Å²) in [5, 5.41) is 0.201. The smallest absolute Gasteiger partial charge is 0.338 e. The number of thiazole rings is 1. The number of carbonyl (C=O) groups is 1. The van der Waals surface area contributed by atoms with Crippen molar-refractivity contribution in [2.75, 3.05) is 6.26 Å². The molecule has 2 heterocycles. The largest absolute Gasteiger partial charge is 0.459 e. The van der Waals surface area contributed by atoms with Crippen LogP contribution in [0.2, 0.25) is 5.02 Å². The summed E-state index contributed by atoms with van der Waals surface area (Å²) in [5.41, 5.74) is 1.27. The third kappa shape index (κ3) is 4.62. The fourth-order valence-corrected chi connectivity index (χ4v) is 5.40. The van der Waals surface area contributed by atoms with Gasteiger partial charge in [-0.1, -0.05) is 41.1 Å². The second kappa shape index (κ2) is 9.90. The number of benzene rings is 2. The summed E-state index contributed by atoms with van der Waals surface area (Å²) < 4.78 is 21.6. The minimum atomic E-state index is -0.725. The van der Waals surface area contributed by atoms with Crippen molar-refractivity contribution in [2.24, 2.45) is 4.99 Å². The fourth-order valence-electron chi connectivity index (χ4n) is 3.74. The molecule has 0 aliphatic carbocycles. The molecule has 1 aliphatic heterocycles. The first-order valence-corrected chi connectivity index (χ1v) is 12.9. The van der Waals surface area contributed by atoms with Gasteiger partial charge in [0.05, 0.1) is 33.0 Å². The maximum absolute atomic E-state index is 14.4. The molecule has 0 saturated heterocycles. The van der Waals surface area contributed by atoms with Crippen LogP contribution in [-0.4, -0.2) is 22.9 Å². The van der Waals surface area contributed by atoms with Crippen LogP contribution in [0.1, 0.15) is 37.9 Å². The minimum Gasteiger partial charge on any atom is -0.459 e. The van der Waals surface area contributed by atoms with Gasteiger partial charge in [-0.2, -0.15) is 0 Å². The minimum absolute atomic E-state index is 0.130. The lowest BCUT2D eigenvalue weighted by molar-refractivity contribution is -0.143. The Balaban J connectivity index is 1.97. The number of allylic oxidation sites excluding steroid dienone is 1. The van der Waals surface area contributed by atoms with Crippen molar-refractivity contribution in [3.05, 3.63) is 95.4 Å². The van der Waals surface area contributed by atoms with E-state index in [4.69, 9.17) is 16.3 Å². The molecule has 0 N–H and O–H groups in total. The predicted molar refractivity (Wildman–Crippen MR) is 135 cm³/mol. The topological polar surface area (TPSA) is 60.7 Å². The van der Waals surface area contributed by atoms with Crippen molar-refractivity contribution < 1.29 is 13.9 Å². The summed E-state index contributed by atoms with van der Waals surface area (Å²) >= 11 is 8.90. The number of hydrogen-bond donors (Lipinski definition) is 0. The van der Waals surface area contributed by atoms with Crippen LogP contribution in [0.15, 0.2) is 68.4 Å². The van der Waals surface area contributed by atoms with Crippen molar-refractivity contribution in [1.82, 2.24) is 4.57 Å². The Hall–Kier alpha value is -2.68. The lowest BCUT2D eigenvalue weighted by atomic mass is 9.96. The van der Waals surface area contributed by atoms with Crippen molar-refractivity contribution in [3.63, 3.8) is 0 Å². The highest BCUT2D eigenvalue weighted by molar-refractivity contribution is 7.98. The van der Waals surface area contributed by atoms with Crippen LogP contribution >= 0.6 is 34.7 Å². The molecule has 0 amide bonds. The van der Waals surface area contributed by atoms with E-state index in [0.29, 0.717) is 16.1 Å². The Labute approximate surface area is 209 Å². The van der Waals surface area contributed by atoms with Gasteiger partial charge in [0.15, 0.2) is 4.80 Å². The molecular formula is C25H22ClFN2O3S2. The first kappa shape index (κ1) is 24.4. The molecule has 34 heavy (non-hydrogen) atoms. The highest BCUT2D eigenvalue weighted by Gasteiger charge is 2.33. The van der Waals surface area contributed by atoms with Crippen molar-refractivity contribution in [1.29, 1.82) is 0 Å². The van der Waals surface area contributed by atoms with Crippen LogP contribution in [0.25, 0.3) is 6.08 Å². The number of nitrogens with zero attached hydrogens (tertiary/aromatic N) is 2. The normalized spacial score (nSPS) is 16.0. The van der Waals surface area contributed by atoms with E-state index in [0.717, 1.165) is 21.8 Å². The van der Waals surface area contributed by atoms with E-state index in [1.807, 2.05) is 30.5 Å². The standard InChI is InChI=1S/C25H22ClFN2O3S2/c1-13(2)32-24(31)21-14(3)28-25-29(22(21)15-8-10-16(33-4)11-9-15)23(30)20(34-25)12-17-18(26)6-5-7-19(17)27/h5-13,22H,1-4H3. The summed E-state index contributed by atoms with van der Waals surface area (Å²) in [6, 6.07) is 11.3. The number of carbonyl (C=O) groups excluding carboxylic acids is 1. The zero-order chi connectivity index (χ0) is 24.6. The number of ether oxygens (including phenoxy) is 1. The Morgan fingerprint density at radius 1 is 1.26 bits per heavy atom. The molecule has 5 nitrogen and oxygen atoms in total. The molecule has 9 heteroatoms. The van der Waals surface area contributed by atoms with Gasteiger partial charge in [-0.3, -0.25) is 9.36 Å². The highest BCUT2D eigenvalue weighted by Crippen LogP contribution is 2.32. The number of hydrogen-bond acceptors (Lipinski definition) is 6. The van der Waals surface area contributed by atoms with Gasteiger partial charge in [-0.25, -0.2) is 14.2 Å². The Morgan fingerprint density at radius 3 is 2.59 bits per heavy atom. The number of thioether (sulfide) groups is 1. The first-order valence-electron chi connectivity index (χ1n) is 10.5. The molecule has 1 aromatic heterocycles. The van der Waals surface area contributed by atoms with Gasteiger partial charge in [0.25, 0.3) is 5.56 Å². The highest BCUT2D eigenvalue weighted by atomic mass is 35.5. The van der Waals surface area contributed by atoms with E-state index in [1.165, 1.54) is 22.8 Å². The fraction of sp³-hybridized carbons (Fsp3) is 0.240. The Kier molecular flexibility index (Phi) is 7.12. The number of fused-ring (bicyclic) bond motifs is 1. The predicted octanol–water partition coefficient (Wildman–Crippen LogP) is 4.70. The molecule has 1 unspecified atom stereocenters. The maximum Gasteiger partial charge on any atom is 0.338 e. The molecule has 0 radical (unpaired) electrons. The third-order valence-corrected chi connectivity index (χ3v) is 7.35. The van der Waals surface area contributed by atoms with E-state index >= 15 is 0 Å². The van der Waals surface area contributed by atoms with E-state index in [9.17, 15) is 14.0 Å². The van der Waals surface area contributed by atoms with Crippen LogP contribution in [-0.2, 0) is 9.53 Å². The van der Waals surface area contributed by atoms with Crippen LogP contribution in [0.5, 0.6) is 0 Å². The molecule has 0 bridgehead atoms. The quantitative estimate of drug-likeness (QED) is 0.364. The summed E-state index contributed by atoms with van der Waals surface area (Å²) in [7, 11) is 0. The van der Waals surface area contributed by atoms with Crippen LogP contribution in [0.3, 0.4) is 0 Å².